The van der Waals surface area contributed by atoms with Crippen molar-refractivity contribution in [2.45, 2.75) is 45.4 Å². The maximum absolute atomic E-state index is 11.5. The fraction of sp³-hybridized carbons (Fsp3) is 0.938. The molecule has 3 heteroatoms. The second-order valence-electron chi connectivity index (χ2n) is 6.59. The number of rotatable bonds is 5. The number of hydrogen-bond donors (Lipinski definition) is 0. The molecule has 2 aliphatic rings. The van der Waals surface area contributed by atoms with Crippen molar-refractivity contribution in [1.29, 1.82) is 0 Å². The summed E-state index contributed by atoms with van der Waals surface area (Å²) in [5.41, 5.74) is 0. The van der Waals surface area contributed by atoms with Gasteiger partial charge in [-0.2, -0.15) is 0 Å². The fourth-order valence-electron chi connectivity index (χ4n) is 3.51. The molecule has 0 N–H and O–H groups in total. The predicted octanol–water partition coefficient (Wildman–Crippen LogP) is 2.41. The summed E-state index contributed by atoms with van der Waals surface area (Å²) in [6, 6.07) is 0. The van der Waals surface area contributed by atoms with Gasteiger partial charge in [-0.1, -0.05) is 6.92 Å². The Morgan fingerprint density at radius 2 is 1.53 bits per heavy atom. The molecule has 0 spiro atoms. The molecule has 0 aromatic carbocycles. The molecule has 2 fully saturated rings. The van der Waals surface area contributed by atoms with Crippen molar-refractivity contribution in [3.63, 3.8) is 0 Å². The van der Waals surface area contributed by atoms with Crippen molar-refractivity contribution in [1.82, 2.24) is 9.80 Å². The van der Waals surface area contributed by atoms with Gasteiger partial charge in [-0.3, -0.25) is 9.69 Å². The van der Waals surface area contributed by atoms with Gasteiger partial charge in [0.25, 0.3) is 0 Å². The lowest BCUT2D eigenvalue weighted by molar-refractivity contribution is -0.120. The number of piperidine rings is 2. The molecule has 110 valence electrons. The van der Waals surface area contributed by atoms with Gasteiger partial charge in [-0.25, -0.2) is 0 Å². The van der Waals surface area contributed by atoms with E-state index in [0.717, 1.165) is 24.9 Å². The van der Waals surface area contributed by atoms with Gasteiger partial charge in [0.15, 0.2) is 0 Å². The van der Waals surface area contributed by atoms with Gasteiger partial charge in [0.2, 0.25) is 0 Å². The van der Waals surface area contributed by atoms with Crippen LogP contribution in [0.1, 0.15) is 45.4 Å². The number of likely N-dealkylation sites (tertiary alicyclic amines) is 2. The number of hydrogen-bond acceptors (Lipinski definition) is 3. The third kappa shape index (κ3) is 4.88. The zero-order valence-electron chi connectivity index (χ0n) is 12.7. The molecule has 0 atom stereocenters. The van der Waals surface area contributed by atoms with Crippen LogP contribution in [-0.2, 0) is 4.79 Å². The zero-order chi connectivity index (χ0) is 13.7. The molecule has 0 radical (unpaired) electrons. The molecule has 0 saturated carbocycles. The topological polar surface area (TPSA) is 23.6 Å². The van der Waals surface area contributed by atoms with Crippen molar-refractivity contribution in [3.8, 4) is 0 Å². The summed E-state index contributed by atoms with van der Waals surface area (Å²) >= 11 is 0. The van der Waals surface area contributed by atoms with E-state index in [1.165, 1.54) is 45.2 Å². The molecule has 0 bridgehead atoms. The first-order valence-electron chi connectivity index (χ1n) is 8.10. The van der Waals surface area contributed by atoms with Crippen molar-refractivity contribution >= 4 is 5.78 Å². The van der Waals surface area contributed by atoms with Gasteiger partial charge in [0.05, 0.1) is 6.54 Å². The summed E-state index contributed by atoms with van der Waals surface area (Å²) in [6.07, 6.45) is 7.53. The Kier molecular flexibility index (Phi) is 5.83. The van der Waals surface area contributed by atoms with Gasteiger partial charge < -0.3 is 4.90 Å². The van der Waals surface area contributed by atoms with E-state index in [2.05, 4.69) is 16.8 Å². The molecule has 3 nitrogen and oxygen atoms in total. The molecule has 0 aromatic rings. The van der Waals surface area contributed by atoms with Gasteiger partial charge in [0.1, 0.15) is 5.78 Å². The average Bonchev–Trinajstić information content (AvgIpc) is 2.43. The van der Waals surface area contributed by atoms with E-state index in [1.807, 2.05) is 6.92 Å². The van der Waals surface area contributed by atoms with Gasteiger partial charge >= 0.3 is 0 Å². The predicted molar refractivity (Wildman–Crippen MR) is 79.3 cm³/mol. The highest BCUT2D eigenvalue weighted by Gasteiger charge is 2.24. The molecule has 19 heavy (non-hydrogen) atoms. The molecule has 2 heterocycles. The van der Waals surface area contributed by atoms with Gasteiger partial charge in [-0.05, 0) is 77.2 Å². The average molecular weight is 266 g/mol. The summed E-state index contributed by atoms with van der Waals surface area (Å²) in [4.78, 5) is 16.3. The molecule has 0 unspecified atom stereocenters. The number of carbonyl (C=O) groups is 1. The Hall–Kier alpha value is -0.410. The molecule has 0 aliphatic carbocycles. The smallest absolute Gasteiger partial charge is 0.146 e. The van der Waals surface area contributed by atoms with Crippen molar-refractivity contribution < 1.29 is 4.79 Å². The summed E-state index contributed by atoms with van der Waals surface area (Å²) in [7, 11) is 2.24. The van der Waals surface area contributed by atoms with E-state index < -0.39 is 0 Å². The summed E-state index contributed by atoms with van der Waals surface area (Å²) in [6.45, 7) is 7.52. The largest absolute Gasteiger partial charge is 0.306 e. The minimum Gasteiger partial charge on any atom is -0.306 e. The maximum Gasteiger partial charge on any atom is 0.146 e. The minimum atomic E-state index is 0.397. The second kappa shape index (κ2) is 7.39. The SMILES string of the molecule is CCC(=O)CN1CCC(CC2CCN(C)CC2)CC1. The molecular formula is C16H30N2O. The fourth-order valence-corrected chi connectivity index (χ4v) is 3.51. The van der Waals surface area contributed by atoms with Gasteiger partial charge in [-0.15, -0.1) is 0 Å². The minimum absolute atomic E-state index is 0.397. The van der Waals surface area contributed by atoms with E-state index in [1.54, 1.807) is 0 Å². The first kappa shape index (κ1) is 15.0. The van der Waals surface area contributed by atoms with Crippen LogP contribution < -0.4 is 0 Å². The highest BCUT2D eigenvalue weighted by atomic mass is 16.1. The molecule has 2 aliphatic heterocycles. The number of nitrogens with zero attached hydrogens (tertiary/aromatic N) is 2. The van der Waals surface area contributed by atoms with Crippen LogP contribution in [0.25, 0.3) is 0 Å². The third-order valence-corrected chi connectivity index (χ3v) is 5.01. The van der Waals surface area contributed by atoms with Crippen molar-refractivity contribution in [3.05, 3.63) is 0 Å². The Bertz CT molecular complexity index is 276. The summed E-state index contributed by atoms with van der Waals surface area (Å²) in [5.74, 6) is 2.28. The van der Waals surface area contributed by atoms with Crippen molar-refractivity contribution in [2.75, 3.05) is 39.8 Å². The Balaban J connectivity index is 1.64. The van der Waals surface area contributed by atoms with Crippen molar-refractivity contribution in [2.24, 2.45) is 11.8 Å². The molecule has 2 saturated heterocycles. The molecular weight excluding hydrogens is 236 g/mol. The maximum atomic E-state index is 11.5. The Morgan fingerprint density at radius 3 is 2.05 bits per heavy atom. The van der Waals surface area contributed by atoms with Crippen LogP contribution >= 0.6 is 0 Å². The first-order chi connectivity index (χ1) is 9.17. The van der Waals surface area contributed by atoms with Crippen LogP contribution in [0.5, 0.6) is 0 Å². The quantitative estimate of drug-likeness (QED) is 0.763. The monoisotopic (exact) mass is 266 g/mol. The lowest BCUT2D eigenvalue weighted by Gasteiger charge is -2.35. The molecule has 0 aromatic heterocycles. The number of Topliss-reactive ketones (excluding diaryl/α,β-unsaturated/α-hetero) is 1. The molecule has 0 amide bonds. The van der Waals surface area contributed by atoms with E-state index in [0.29, 0.717) is 18.7 Å². The second-order valence-corrected chi connectivity index (χ2v) is 6.59. The summed E-state index contributed by atoms with van der Waals surface area (Å²) < 4.78 is 0. The van der Waals surface area contributed by atoms with Crippen LogP contribution in [0, 0.1) is 11.8 Å². The Labute approximate surface area is 118 Å². The third-order valence-electron chi connectivity index (χ3n) is 5.01. The van der Waals surface area contributed by atoms with Crippen LogP contribution in [-0.4, -0.2) is 55.4 Å². The highest BCUT2D eigenvalue weighted by Crippen LogP contribution is 2.29. The van der Waals surface area contributed by atoms with Crippen LogP contribution in [0.4, 0.5) is 0 Å². The lowest BCUT2D eigenvalue weighted by atomic mass is 9.83. The zero-order valence-corrected chi connectivity index (χ0v) is 12.7. The van der Waals surface area contributed by atoms with E-state index in [-0.39, 0.29) is 0 Å². The number of ketones is 1. The normalized spacial score (nSPS) is 24.7. The lowest BCUT2D eigenvalue weighted by Crippen LogP contribution is -2.38. The number of carbonyl (C=O) groups excluding carboxylic acids is 1. The standard InChI is InChI=1S/C16H30N2O/c1-3-16(19)13-18-10-6-15(7-11-18)12-14-4-8-17(2)9-5-14/h14-15H,3-13H2,1-2H3. The van der Waals surface area contributed by atoms with Crippen LogP contribution in [0.15, 0.2) is 0 Å². The van der Waals surface area contributed by atoms with Gasteiger partial charge in [0, 0.05) is 6.42 Å². The van der Waals surface area contributed by atoms with Crippen LogP contribution in [0.2, 0.25) is 0 Å². The Morgan fingerprint density at radius 1 is 1.00 bits per heavy atom. The first-order valence-corrected chi connectivity index (χ1v) is 8.10. The summed E-state index contributed by atoms with van der Waals surface area (Å²) in [5, 5.41) is 0. The van der Waals surface area contributed by atoms with E-state index >= 15 is 0 Å². The van der Waals surface area contributed by atoms with Crippen LogP contribution in [0.3, 0.4) is 0 Å². The van der Waals surface area contributed by atoms with E-state index in [9.17, 15) is 4.79 Å². The van der Waals surface area contributed by atoms with E-state index in [4.69, 9.17) is 0 Å². The highest BCUT2D eigenvalue weighted by molar-refractivity contribution is 5.80. The molecule has 2 rings (SSSR count).